The summed E-state index contributed by atoms with van der Waals surface area (Å²) in [5.41, 5.74) is 7.66. The molecular formula is C15H19FN2S. The summed E-state index contributed by atoms with van der Waals surface area (Å²) in [5.74, 6) is -0.217. The SMILES string of the molecule is CN(CCc1cccs1)Cc1ccc(F)cc1CN. The van der Waals surface area contributed by atoms with Crippen molar-refractivity contribution < 1.29 is 4.39 Å². The third kappa shape index (κ3) is 4.13. The monoisotopic (exact) mass is 278 g/mol. The number of thiophene rings is 1. The molecule has 0 atom stereocenters. The van der Waals surface area contributed by atoms with Gasteiger partial charge in [-0.1, -0.05) is 12.1 Å². The van der Waals surface area contributed by atoms with Crippen LogP contribution in [-0.2, 0) is 19.5 Å². The summed E-state index contributed by atoms with van der Waals surface area (Å²) in [5, 5.41) is 2.10. The smallest absolute Gasteiger partial charge is 0.123 e. The van der Waals surface area contributed by atoms with E-state index in [0.29, 0.717) is 6.54 Å². The summed E-state index contributed by atoms with van der Waals surface area (Å²) in [6.07, 6.45) is 1.05. The molecule has 2 nitrogen and oxygen atoms in total. The van der Waals surface area contributed by atoms with Gasteiger partial charge in [0.2, 0.25) is 0 Å². The van der Waals surface area contributed by atoms with Crippen LogP contribution in [0.25, 0.3) is 0 Å². The number of nitrogens with zero attached hydrogens (tertiary/aromatic N) is 1. The van der Waals surface area contributed by atoms with Crippen molar-refractivity contribution >= 4 is 11.3 Å². The first kappa shape index (κ1) is 14.2. The maximum Gasteiger partial charge on any atom is 0.123 e. The van der Waals surface area contributed by atoms with E-state index in [4.69, 9.17) is 5.73 Å². The summed E-state index contributed by atoms with van der Waals surface area (Å²) < 4.78 is 13.1. The first-order valence-corrected chi connectivity index (χ1v) is 7.25. The van der Waals surface area contributed by atoms with Crippen LogP contribution in [0, 0.1) is 5.82 Å². The van der Waals surface area contributed by atoms with Crippen molar-refractivity contribution in [3.05, 3.63) is 57.5 Å². The molecular weight excluding hydrogens is 259 g/mol. The Bertz CT molecular complexity index is 511. The molecule has 0 saturated carbocycles. The van der Waals surface area contributed by atoms with Crippen molar-refractivity contribution in [2.75, 3.05) is 13.6 Å². The van der Waals surface area contributed by atoms with Crippen molar-refractivity contribution in [1.82, 2.24) is 4.90 Å². The topological polar surface area (TPSA) is 29.3 Å². The zero-order valence-corrected chi connectivity index (χ0v) is 11.9. The maximum absolute atomic E-state index is 13.1. The Labute approximate surface area is 117 Å². The summed E-state index contributed by atoms with van der Waals surface area (Å²) in [7, 11) is 2.08. The van der Waals surface area contributed by atoms with E-state index >= 15 is 0 Å². The van der Waals surface area contributed by atoms with Gasteiger partial charge in [-0.05, 0) is 48.2 Å². The minimum atomic E-state index is -0.217. The molecule has 0 aliphatic rings. The molecule has 2 rings (SSSR count). The van der Waals surface area contributed by atoms with Crippen LogP contribution >= 0.6 is 11.3 Å². The van der Waals surface area contributed by atoms with Crippen LogP contribution in [-0.4, -0.2) is 18.5 Å². The van der Waals surface area contributed by atoms with Gasteiger partial charge in [-0.3, -0.25) is 0 Å². The van der Waals surface area contributed by atoms with Gasteiger partial charge in [0.15, 0.2) is 0 Å². The molecule has 2 N–H and O–H groups in total. The second-order valence-electron chi connectivity index (χ2n) is 4.68. The Balaban J connectivity index is 1.93. The molecule has 0 fully saturated rings. The third-order valence-electron chi connectivity index (χ3n) is 3.15. The van der Waals surface area contributed by atoms with E-state index in [0.717, 1.165) is 30.6 Å². The molecule has 0 bridgehead atoms. The highest BCUT2D eigenvalue weighted by atomic mass is 32.1. The highest BCUT2D eigenvalue weighted by molar-refractivity contribution is 7.09. The van der Waals surface area contributed by atoms with Gasteiger partial charge >= 0.3 is 0 Å². The fourth-order valence-corrected chi connectivity index (χ4v) is 2.76. The molecule has 1 heterocycles. The molecule has 0 amide bonds. The molecule has 0 radical (unpaired) electrons. The van der Waals surface area contributed by atoms with Gasteiger partial charge in [0.05, 0.1) is 0 Å². The molecule has 0 saturated heterocycles. The minimum Gasteiger partial charge on any atom is -0.326 e. The van der Waals surface area contributed by atoms with E-state index in [-0.39, 0.29) is 5.82 Å². The average molecular weight is 278 g/mol. The Kier molecular flexibility index (Phi) is 5.07. The fourth-order valence-electron chi connectivity index (χ4n) is 2.06. The third-order valence-corrected chi connectivity index (χ3v) is 4.08. The Morgan fingerprint density at radius 1 is 1.26 bits per heavy atom. The normalized spacial score (nSPS) is 11.2. The first-order valence-electron chi connectivity index (χ1n) is 6.37. The van der Waals surface area contributed by atoms with E-state index < -0.39 is 0 Å². The summed E-state index contributed by atoms with van der Waals surface area (Å²) >= 11 is 1.78. The van der Waals surface area contributed by atoms with Crippen LogP contribution in [0.5, 0.6) is 0 Å². The van der Waals surface area contributed by atoms with Crippen molar-refractivity contribution in [1.29, 1.82) is 0 Å². The van der Waals surface area contributed by atoms with Crippen LogP contribution in [0.4, 0.5) is 4.39 Å². The van der Waals surface area contributed by atoms with E-state index in [1.807, 2.05) is 6.07 Å². The lowest BCUT2D eigenvalue weighted by Crippen LogP contribution is -2.21. The number of rotatable bonds is 6. The van der Waals surface area contributed by atoms with Crippen LogP contribution in [0.15, 0.2) is 35.7 Å². The number of nitrogens with two attached hydrogens (primary N) is 1. The molecule has 0 aliphatic heterocycles. The van der Waals surface area contributed by atoms with Gasteiger partial charge in [-0.15, -0.1) is 11.3 Å². The predicted molar refractivity (Wildman–Crippen MR) is 78.6 cm³/mol. The number of likely N-dealkylation sites (N-methyl/N-ethyl adjacent to an activating group) is 1. The lowest BCUT2D eigenvalue weighted by Gasteiger charge is -2.18. The number of hydrogen-bond acceptors (Lipinski definition) is 3. The number of benzene rings is 1. The van der Waals surface area contributed by atoms with Crippen molar-refractivity contribution in [3.8, 4) is 0 Å². The van der Waals surface area contributed by atoms with Gasteiger partial charge in [0.25, 0.3) is 0 Å². The fraction of sp³-hybridized carbons (Fsp3) is 0.333. The van der Waals surface area contributed by atoms with E-state index in [2.05, 4.69) is 29.5 Å². The molecule has 0 unspecified atom stereocenters. The highest BCUT2D eigenvalue weighted by Gasteiger charge is 2.06. The van der Waals surface area contributed by atoms with E-state index in [9.17, 15) is 4.39 Å². The summed E-state index contributed by atoms with van der Waals surface area (Å²) in [6, 6.07) is 9.09. The first-order chi connectivity index (χ1) is 9.19. The largest absolute Gasteiger partial charge is 0.326 e. The summed E-state index contributed by atoms with van der Waals surface area (Å²) in [4.78, 5) is 3.64. The predicted octanol–water partition coefficient (Wildman–Crippen LogP) is 3.02. The van der Waals surface area contributed by atoms with E-state index in [1.54, 1.807) is 11.3 Å². The number of halogens is 1. The average Bonchev–Trinajstić information content (AvgIpc) is 2.91. The van der Waals surface area contributed by atoms with Crippen LogP contribution in [0.1, 0.15) is 16.0 Å². The second-order valence-corrected chi connectivity index (χ2v) is 5.72. The van der Waals surface area contributed by atoms with Gasteiger partial charge in [0, 0.05) is 24.5 Å². The van der Waals surface area contributed by atoms with Crippen molar-refractivity contribution in [2.45, 2.75) is 19.5 Å². The highest BCUT2D eigenvalue weighted by Crippen LogP contribution is 2.14. The van der Waals surface area contributed by atoms with Gasteiger partial charge in [-0.2, -0.15) is 0 Å². The molecule has 0 spiro atoms. The molecule has 102 valence electrons. The molecule has 2 aromatic rings. The van der Waals surface area contributed by atoms with Crippen molar-refractivity contribution in [3.63, 3.8) is 0 Å². The van der Waals surface area contributed by atoms with Gasteiger partial charge < -0.3 is 10.6 Å². The zero-order valence-electron chi connectivity index (χ0n) is 11.1. The lowest BCUT2D eigenvalue weighted by atomic mass is 10.1. The number of hydrogen-bond donors (Lipinski definition) is 1. The standard InChI is InChI=1S/C15H19FN2S/c1-18(7-6-15-3-2-8-19-15)11-12-4-5-14(16)9-13(12)10-17/h2-5,8-9H,6-7,10-11,17H2,1H3. The van der Waals surface area contributed by atoms with Gasteiger partial charge in [0.1, 0.15) is 5.82 Å². The van der Waals surface area contributed by atoms with Gasteiger partial charge in [-0.25, -0.2) is 4.39 Å². The van der Waals surface area contributed by atoms with E-state index in [1.165, 1.54) is 17.0 Å². The Hall–Kier alpha value is -1.23. The second kappa shape index (κ2) is 6.80. The Morgan fingerprint density at radius 2 is 2.11 bits per heavy atom. The molecule has 1 aromatic carbocycles. The lowest BCUT2D eigenvalue weighted by molar-refractivity contribution is 0.331. The molecule has 19 heavy (non-hydrogen) atoms. The summed E-state index contributed by atoms with van der Waals surface area (Å²) in [6.45, 7) is 2.17. The molecule has 0 aliphatic carbocycles. The Morgan fingerprint density at radius 3 is 2.79 bits per heavy atom. The zero-order chi connectivity index (χ0) is 13.7. The van der Waals surface area contributed by atoms with Crippen molar-refractivity contribution in [2.24, 2.45) is 5.73 Å². The molecule has 1 aromatic heterocycles. The quantitative estimate of drug-likeness (QED) is 0.880. The van der Waals surface area contributed by atoms with Crippen LogP contribution in [0.3, 0.4) is 0 Å². The van der Waals surface area contributed by atoms with Crippen LogP contribution in [0.2, 0.25) is 0 Å². The maximum atomic E-state index is 13.1. The van der Waals surface area contributed by atoms with Crippen LogP contribution < -0.4 is 5.73 Å². The minimum absolute atomic E-state index is 0.217. The molecule has 4 heteroatoms.